The van der Waals surface area contributed by atoms with E-state index in [-0.39, 0.29) is 18.0 Å². The Morgan fingerprint density at radius 2 is 2.14 bits per heavy atom. The van der Waals surface area contributed by atoms with Crippen molar-refractivity contribution in [2.45, 2.75) is 19.4 Å². The van der Waals surface area contributed by atoms with Gasteiger partial charge in [-0.25, -0.2) is 0 Å². The van der Waals surface area contributed by atoms with E-state index in [4.69, 9.17) is 16.2 Å². The maximum Gasteiger partial charge on any atom is 0.244 e. The maximum atomic E-state index is 11.4. The van der Waals surface area contributed by atoms with E-state index in [0.717, 1.165) is 11.3 Å². The summed E-state index contributed by atoms with van der Waals surface area (Å²) in [6.45, 7) is 1.76. The highest BCUT2D eigenvalue weighted by molar-refractivity contribution is 5.74. The van der Waals surface area contributed by atoms with Gasteiger partial charge in [0.2, 0.25) is 17.7 Å². The second-order valence-corrected chi connectivity index (χ2v) is 6.46. The lowest BCUT2D eigenvalue weighted by atomic mass is 9.83. The summed E-state index contributed by atoms with van der Waals surface area (Å²) in [5, 5.41) is 21.3. The standard InChI is InChI=1S/C19H17N7O2/c1-10-15-16(12(7-20)18(22)28-19(15)24-23-10)13-8-26(9-14(21)27)25-17(13)11-5-3-2-4-6-11/h2-6,8,16H,9,22H2,1H3,(H2,21,27)(H,23,24). The molecule has 140 valence electrons. The van der Waals surface area contributed by atoms with Gasteiger partial charge in [-0.3, -0.25) is 14.6 Å². The fourth-order valence-electron chi connectivity index (χ4n) is 3.42. The van der Waals surface area contributed by atoms with E-state index in [1.807, 2.05) is 37.3 Å². The van der Waals surface area contributed by atoms with Crippen LogP contribution in [0, 0.1) is 18.3 Å². The highest BCUT2D eigenvalue weighted by Gasteiger charge is 2.37. The number of ether oxygens (including phenoxy) is 1. The van der Waals surface area contributed by atoms with Crippen LogP contribution in [-0.2, 0) is 11.3 Å². The van der Waals surface area contributed by atoms with Crippen LogP contribution in [-0.4, -0.2) is 25.9 Å². The minimum atomic E-state index is -0.538. The third-order valence-electron chi connectivity index (χ3n) is 4.60. The van der Waals surface area contributed by atoms with Crippen LogP contribution in [0.15, 0.2) is 48.0 Å². The number of carbonyl (C=O) groups is 1. The van der Waals surface area contributed by atoms with Gasteiger partial charge in [0.05, 0.1) is 11.6 Å². The number of aryl methyl sites for hydroxylation is 1. The van der Waals surface area contributed by atoms with Gasteiger partial charge in [0.25, 0.3) is 0 Å². The van der Waals surface area contributed by atoms with Crippen LogP contribution < -0.4 is 16.2 Å². The van der Waals surface area contributed by atoms with Crippen molar-refractivity contribution in [1.82, 2.24) is 20.0 Å². The number of nitrogens with one attached hydrogen (secondary N) is 1. The molecule has 4 rings (SSSR count). The Bertz CT molecular complexity index is 1130. The van der Waals surface area contributed by atoms with Gasteiger partial charge in [-0.1, -0.05) is 30.3 Å². The number of nitrogens with two attached hydrogens (primary N) is 2. The molecular weight excluding hydrogens is 358 g/mol. The molecule has 0 bridgehead atoms. The van der Waals surface area contributed by atoms with E-state index < -0.39 is 11.8 Å². The Hall–Kier alpha value is -4.06. The monoisotopic (exact) mass is 375 g/mol. The van der Waals surface area contributed by atoms with Crippen LogP contribution >= 0.6 is 0 Å². The number of primary amides is 1. The summed E-state index contributed by atoms with van der Waals surface area (Å²) in [5.74, 6) is -0.741. The number of nitriles is 1. The molecule has 9 heteroatoms. The third-order valence-corrected chi connectivity index (χ3v) is 4.60. The van der Waals surface area contributed by atoms with Crippen LogP contribution in [0.1, 0.15) is 22.7 Å². The van der Waals surface area contributed by atoms with Crippen LogP contribution in [0.3, 0.4) is 0 Å². The zero-order valence-electron chi connectivity index (χ0n) is 15.0. The molecule has 0 saturated carbocycles. The number of benzene rings is 1. The Kier molecular flexibility index (Phi) is 4.08. The number of H-pyrrole nitrogens is 1. The molecule has 1 unspecified atom stereocenters. The molecule has 3 heterocycles. The van der Waals surface area contributed by atoms with Gasteiger partial charge in [0, 0.05) is 28.6 Å². The summed E-state index contributed by atoms with van der Waals surface area (Å²) in [6.07, 6.45) is 1.71. The fraction of sp³-hybridized carbons (Fsp3) is 0.158. The zero-order chi connectivity index (χ0) is 19.8. The molecule has 0 spiro atoms. The number of fused-ring (bicyclic) bond motifs is 1. The lowest BCUT2D eigenvalue weighted by molar-refractivity contribution is -0.118. The minimum Gasteiger partial charge on any atom is -0.420 e. The Balaban J connectivity index is 1.97. The first-order valence-electron chi connectivity index (χ1n) is 8.53. The summed E-state index contributed by atoms with van der Waals surface area (Å²) in [4.78, 5) is 11.4. The topological polar surface area (TPSA) is 149 Å². The summed E-state index contributed by atoms with van der Waals surface area (Å²) < 4.78 is 6.98. The summed E-state index contributed by atoms with van der Waals surface area (Å²) in [6, 6.07) is 11.6. The first kappa shape index (κ1) is 17.4. The average molecular weight is 375 g/mol. The largest absolute Gasteiger partial charge is 0.420 e. The van der Waals surface area contributed by atoms with Gasteiger partial charge >= 0.3 is 0 Å². The van der Waals surface area contributed by atoms with Crippen LogP contribution in [0.5, 0.6) is 5.88 Å². The molecule has 1 aliphatic heterocycles. The van der Waals surface area contributed by atoms with E-state index in [9.17, 15) is 10.1 Å². The van der Waals surface area contributed by atoms with E-state index in [0.29, 0.717) is 22.7 Å². The molecule has 0 aliphatic carbocycles. The number of amides is 1. The summed E-state index contributed by atoms with van der Waals surface area (Å²) in [5.41, 5.74) is 15.2. The van der Waals surface area contributed by atoms with E-state index >= 15 is 0 Å². The predicted molar refractivity (Wildman–Crippen MR) is 99.5 cm³/mol. The van der Waals surface area contributed by atoms with Crippen molar-refractivity contribution in [2.24, 2.45) is 11.5 Å². The van der Waals surface area contributed by atoms with Crippen molar-refractivity contribution >= 4 is 5.91 Å². The lowest BCUT2D eigenvalue weighted by Gasteiger charge is -2.23. The van der Waals surface area contributed by atoms with Crippen molar-refractivity contribution in [3.8, 4) is 23.2 Å². The number of hydrogen-bond acceptors (Lipinski definition) is 6. The second kappa shape index (κ2) is 6.59. The molecule has 5 N–H and O–H groups in total. The van der Waals surface area contributed by atoms with Crippen molar-refractivity contribution in [3.05, 3.63) is 64.8 Å². The molecule has 0 saturated heterocycles. The molecule has 2 aromatic heterocycles. The first-order chi connectivity index (χ1) is 13.5. The fourth-order valence-corrected chi connectivity index (χ4v) is 3.42. The van der Waals surface area contributed by atoms with Crippen molar-refractivity contribution in [2.75, 3.05) is 0 Å². The number of aromatic nitrogens is 4. The Morgan fingerprint density at radius 3 is 2.82 bits per heavy atom. The third kappa shape index (κ3) is 2.77. The molecule has 28 heavy (non-hydrogen) atoms. The Morgan fingerprint density at radius 1 is 1.39 bits per heavy atom. The number of aromatic amines is 1. The number of nitrogens with zero attached hydrogens (tertiary/aromatic N) is 4. The number of rotatable bonds is 4. The normalized spacial score (nSPS) is 15.6. The molecule has 1 aliphatic rings. The average Bonchev–Trinajstić information content (AvgIpc) is 3.24. The molecule has 9 nitrogen and oxygen atoms in total. The van der Waals surface area contributed by atoms with Crippen LogP contribution in [0.2, 0.25) is 0 Å². The van der Waals surface area contributed by atoms with Gasteiger partial charge in [-0.05, 0) is 6.92 Å². The quantitative estimate of drug-likeness (QED) is 0.625. The van der Waals surface area contributed by atoms with Crippen LogP contribution in [0.4, 0.5) is 0 Å². The van der Waals surface area contributed by atoms with Gasteiger partial charge in [0.1, 0.15) is 18.2 Å². The van der Waals surface area contributed by atoms with E-state index in [2.05, 4.69) is 21.4 Å². The van der Waals surface area contributed by atoms with Crippen LogP contribution in [0.25, 0.3) is 11.3 Å². The minimum absolute atomic E-state index is 0.00633. The van der Waals surface area contributed by atoms with Gasteiger partial charge in [-0.2, -0.15) is 10.4 Å². The first-order valence-corrected chi connectivity index (χ1v) is 8.53. The SMILES string of the molecule is Cc1[nH]nc2c1C(c1cn(CC(N)=O)nc1-c1ccccc1)C(C#N)=C(N)O2. The van der Waals surface area contributed by atoms with E-state index in [1.165, 1.54) is 4.68 Å². The summed E-state index contributed by atoms with van der Waals surface area (Å²) in [7, 11) is 0. The molecule has 1 amide bonds. The van der Waals surface area contributed by atoms with Crippen molar-refractivity contribution in [1.29, 1.82) is 5.26 Å². The zero-order valence-corrected chi connectivity index (χ0v) is 15.0. The number of allylic oxidation sites excluding steroid dienone is 1. The smallest absolute Gasteiger partial charge is 0.244 e. The van der Waals surface area contributed by atoms with Crippen molar-refractivity contribution in [3.63, 3.8) is 0 Å². The Labute approximate surface area is 160 Å². The highest BCUT2D eigenvalue weighted by Crippen LogP contribution is 2.45. The molecule has 0 fully saturated rings. The number of carbonyl (C=O) groups excluding carboxylic acids is 1. The molecule has 1 atom stereocenters. The predicted octanol–water partition coefficient (Wildman–Crippen LogP) is 1.29. The molecule has 3 aromatic rings. The lowest BCUT2D eigenvalue weighted by Crippen LogP contribution is -2.21. The molecular formula is C19H17N7O2. The van der Waals surface area contributed by atoms with Crippen molar-refractivity contribution < 1.29 is 9.53 Å². The molecule has 1 aromatic carbocycles. The van der Waals surface area contributed by atoms with Gasteiger partial charge in [-0.15, -0.1) is 5.10 Å². The van der Waals surface area contributed by atoms with Gasteiger partial charge in [0.15, 0.2) is 0 Å². The van der Waals surface area contributed by atoms with Gasteiger partial charge < -0.3 is 16.2 Å². The second-order valence-electron chi connectivity index (χ2n) is 6.46. The summed E-state index contributed by atoms with van der Waals surface area (Å²) >= 11 is 0. The van der Waals surface area contributed by atoms with E-state index in [1.54, 1.807) is 6.20 Å². The molecule has 0 radical (unpaired) electrons. The number of hydrogen-bond donors (Lipinski definition) is 3. The highest BCUT2D eigenvalue weighted by atomic mass is 16.5. The maximum absolute atomic E-state index is 11.4.